The summed E-state index contributed by atoms with van der Waals surface area (Å²) in [6, 6.07) is 7.10. The van der Waals surface area contributed by atoms with Crippen LogP contribution in [-0.2, 0) is 4.74 Å². The molecule has 0 fully saturated rings. The summed E-state index contributed by atoms with van der Waals surface area (Å²) in [5.41, 5.74) is 1.20. The summed E-state index contributed by atoms with van der Waals surface area (Å²) < 4.78 is 4.74. The van der Waals surface area contributed by atoms with Gasteiger partial charge in [-0.1, -0.05) is 30.4 Å². The van der Waals surface area contributed by atoms with Crippen molar-refractivity contribution in [2.45, 2.75) is 13.0 Å². The first kappa shape index (κ1) is 11.7. The number of amidine groups is 1. The largest absolute Gasteiger partial charge is 0.465 e. The molecule has 0 radical (unpaired) electrons. The Hall–Kier alpha value is -1.75. The topological polar surface area (TPSA) is 50.7 Å². The maximum absolute atomic E-state index is 11.6. The fraction of sp³-hybridized carbons (Fsp3) is 0.250. The van der Waals surface area contributed by atoms with Gasteiger partial charge in [-0.2, -0.15) is 0 Å². The van der Waals surface area contributed by atoms with Gasteiger partial charge in [0.15, 0.2) is 0 Å². The Morgan fingerprint density at radius 2 is 2.18 bits per heavy atom. The quantitative estimate of drug-likeness (QED) is 0.637. The number of carbonyl (C=O) groups excluding carboxylic acids is 1. The van der Waals surface area contributed by atoms with Crippen molar-refractivity contribution in [3.8, 4) is 0 Å². The first-order valence-corrected chi connectivity index (χ1v) is 5.60. The van der Waals surface area contributed by atoms with E-state index in [0.717, 1.165) is 0 Å². The number of benzene rings is 1. The number of methoxy groups -OCH3 is 1. The van der Waals surface area contributed by atoms with Crippen LogP contribution in [0.5, 0.6) is 0 Å². The van der Waals surface area contributed by atoms with E-state index < -0.39 is 0 Å². The number of carbonyl (C=O) groups is 1. The van der Waals surface area contributed by atoms with Crippen LogP contribution in [-0.4, -0.2) is 29.9 Å². The van der Waals surface area contributed by atoms with Crippen molar-refractivity contribution in [3.05, 3.63) is 35.4 Å². The third-order valence-corrected chi connectivity index (χ3v) is 2.97. The van der Waals surface area contributed by atoms with E-state index in [0.29, 0.717) is 22.0 Å². The third kappa shape index (κ3) is 2.19. The average Bonchev–Trinajstić information content (AvgIpc) is 2.68. The highest BCUT2D eigenvalue weighted by molar-refractivity contribution is 7.80. The molecule has 4 nitrogen and oxygen atoms in total. The molecule has 0 amide bonds. The van der Waals surface area contributed by atoms with Crippen LogP contribution in [0.3, 0.4) is 0 Å². The summed E-state index contributed by atoms with van der Waals surface area (Å²) in [5, 5.41) is 3.01. The zero-order chi connectivity index (χ0) is 12.4. The number of nitrogens with zero attached hydrogens (tertiary/aromatic N) is 1. The number of hydrogen-bond acceptors (Lipinski definition) is 4. The molecular formula is C12H12N2O2S. The SMILES string of the molecule is COC(=O)c1ccccc1C1=NC(C)C(=S)N1. The Morgan fingerprint density at radius 1 is 1.47 bits per heavy atom. The fourth-order valence-electron chi connectivity index (χ4n) is 1.62. The van der Waals surface area contributed by atoms with Crippen molar-refractivity contribution in [1.82, 2.24) is 5.32 Å². The minimum atomic E-state index is -0.379. The summed E-state index contributed by atoms with van der Waals surface area (Å²) in [7, 11) is 1.36. The van der Waals surface area contributed by atoms with Gasteiger partial charge in [-0.25, -0.2) is 4.79 Å². The van der Waals surface area contributed by atoms with E-state index in [9.17, 15) is 4.79 Å². The summed E-state index contributed by atoms with van der Waals surface area (Å²) in [6.07, 6.45) is 0. The number of thiocarbonyl (C=S) groups is 1. The van der Waals surface area contributed by atoms with Gasteiger partial charge in [-0.15, -0.1) is 0 Å². The van der Waals surface area contributed by atoms with Crippen molar-refractivity contribution in [2.24, 2.45) is 4.99 Å². The van der Waals surface area contributed by atoms with E-state index in [2.05, 4.69) is 10.3 Å². The predicted octanol–water partition coefficient (Wildman–Crippen LogP) is 1.54. The third-order valence-electron chi connectivity index (χ3n) is 2.53. The fourth-order valence-corrected chi connectivity index (χ4v) is 1.77. The molecule has 0 saturated carbocycles. The van der Waals surface area contributed by atoms with Gasteiger partial charge in [-0.3, -0.25) is 4.99 Å². The molecule has 1 aliphatic heterocycles. The van der Waals surface area contributed by atoms with Gasteiger partial charge in [0.2, 0.25) is 0 Å². The maximum Gasteiger partial charge on any atom is 0.338 e. The summed E-state index contributed by atoms with van der Waals surface area (Å²) in [6.45, 7) is 1.91. The molecule has 1 aliphatic rings. The second kappa shape index (κ2) is 4.63. The van der Waals surface area contributed by atoms with Crippen LogP contribution in [0, 0.1) is 0 Å². The molecule has 1 aromatic rings. The maximum atomic E-state index is 11.6. The summed E-state index contributed by atoms with van der Waals surface area (Å²) in [4.78, 5) is 16.7. The van der Waals surface area contributed by atoms with Gasteiger partial charge >= 0.3 is 5.97 Å². The molecule has 2 rings (SSSR count). The van der Waals surface area contributed by atoms with E-state index in [1.54, 1.807) is 12.1 Å². The number of rotatable bonds is 2. The molecule has 1 aromatic carbocycles. The average molecular weight is 248 g/mol. The molecular weight excluding hydrogens is 236 g/mol. The lowest BCUT2D eigenvalue weighted by atomic mass is 10.1. The van der Waals surface area contributed by atoms with Crippen LogP contribution in [0.1, 0.15) is 22.8 Å². The van der Waals surface area contributed by atoms with E-state index in [4.69, 9.17) is 17.0 Å². The molecule has 5 heteroatoms. The first-order valence-electron chi connectivity index (χ1n) is 5.20. The zero-order valence-corrected chi connectivity index (χ0v) is 10.4. The van der Waals surface area contributed by atoms with Crippen LogP contribution in [0.25, 0.3) is 0 Å². The molecule has 0 aromatic heterocycles. The molecule has 0 saturated heterocycles. The minimum Gasteiger partial charge on any atom is -0.465 e. The number of nitrogens with one attached hydrogen (secondary N) is 1. The predicted molar refractivity (Wildman–Crippen MR) is 69.5 cm³/mol. The highest BCUT2D eigenvalue weighted by atomic mass is 32.1. The number of esters is 1. The number of hydrogen-bond donors (Lipinski definition) is 1. The lowest BCUT2D eigenvalue weighted by Crippen LogP contribution is -2.27. The van der Waals surface area contributed by atoms with Crippen molar-refractivity contribution in [2.75, 3.05) is 7.11 Å². The Labute approximate surface area is 105 Å². The zero-order valence-electron chi connectivity index (χ0n) is 9.56. The van der Waals surface area contributed by atoms with Crippen LogP contribution < -0.4 is 5.32 Å². The van der Waals surface area contributed by atoms with E-state index in [1.807, 2.05) is 19.1 Å². The second-order valence-electron chi connectivity index (χ2n) is 3.68. The van der Waals surface area contributed by atoms with Crippen LogP contribution in [0.2, 0.25) is 0 Å². The van der Waals surface area contributed by atoms with Gasteiger partial charge in [0.05, 0.1) is 18.7 Å². The molecule has 1 heterocycles. The normalized spacial score (nSPS) is 18.6. The van der Waals surface area contributed by atoms with E-state index in [1.165, 1.54) is 7.11 Å². The molecule has 0 aliphatic carbocycles. The monoisotopic (exact) mass is 248 g/mol. The molecule has 1 unspecified atom stereocenters. The molecule has 17 heavy (non-hydrogen) atoms. The molecule has 0 bridgehead atoms. The lowest BCUT2D eigenvalue weighted by molar-refractivity contribution is 0.0600. The van der Waals surface area contributed by atoms with Crippen LogP contribution >= 0.6 is 12.2 Å². The number of ether oxygens (including phenoxy) is 1. The lowest BCUT2D eigenvalue weighted by Gasteiger charge is -2.07. The van der Waals surface area contributed by atoms with Gasteiger partial charge in [0.25, 0.3) is 0 Å². The van der Waals surface area contributed by atoms with Gasteiger partial charge in [0.1, 0.15) is 10.8 Å². The summed E-state index contributed by atoms with van der Waals surface area (Å²) in [5.74, 6) is 0.249. The Kier molecular flexibility index (Phi) is 3.19. The minimum absolute atomic E-state index is 0.0503. The number of aliphatic imine (C=N–C) groups is 1. The standard InChI is InChI=1S/C12H12N2O2S/c1-7-11(17)14-10(13-7)8-5-3-4-6-9(8)12(15)16-2/h3-7H,1-2H3,(H,13,14,17). The Bertz CT molecular complexity index is 511. The van der Waals surface area contributed by atoms with Crippen molar-refractivity contribution in [3.63, 3.8) is 0 Å². The Balaban J connectivity index is 2.43. The van der Waals surface area contributed by atoms with Gasteiger partial charge < -0.3 is 10.1 Å². The van der Waals surface area contributed by atoms with Gasteiger partial charge in [0, 0.05) is 5.56 Å². The molecule has 88 valence electrons. The highest BCUT2D eigenvalue weighted by Crippen LogP contribution is 2.14. The van der Waals surface area contributed by atoms with Crippen molar-refractivity contribution < 1.29 is 9.53 Å². The molecule has 0 spiro atoms. The van der Waals surface area contributed by atoms with E-state index >= 15 is 0 Å². The van der Waals surface area contributed by atoms with Crippen molar-refractivity contribution >= 4 is 29.0 Å². The first-order chi connectivity index (χ1) is 8.13. The van der Waals surface area contributed by atoms with Gasteiger partial charge in [-0.05, 0) is 13.0 Å². The second-order valence-corrected chi connectivity index (χ2v) is 4.12. The Morgan fingerprint density at radius 3 is 2.76 bits per heavy atom. The van der Waals surface area contributed by atoms with Crippen molar-refractivity contribution in [1.29, 1.82) is 0 Å². The van der Waals surface area contributed by atoms with Crippen LogP contribution in [0.4, 0.5) is 0 Å². The summed E-state index contributed by atoms with van der Waals surface area (Å²) >= 11 is 5.11. The van der Waals surface area contributed by atoms with Crippen LogP contribution in [0.15, 0.2) is 29.3 Å². The smallest absolute Gasteiger partial charge is 0.338 e. The molecule has 1 atom stereocenters. The van der Waals surface area contributed by atoms with E-state index in [-0.39, 0.29) is 12.0 Å². The highest BCUT2D eigenvalue weighted by Gasteiger charge is 2.23. The molecule has 1 N–H and O–H groups in total.